The third-order valence-corrected chi connectivity index (χ3v) is 0.713. The van der Waals surface area contributed by atoms with Gasteiger partial charge >= 0.3 is 11.9 Å². The van der Waals surface area contributed by atoms with E-state index >= 15 is 0 Å². The van der Waals surface area contributed by atoms with Crippen molar-refractivity contribution in [3.8, 4) is 0 Å². The molecule has 0 heterocycles. The third-order valence-electron chi connectivity index (χ3n) is 0.713. The van der Waals surface area contributed by atoms with Crippen molar-refractivity contribution in [3.63, 3.8) is 0 Å². The summed E-state index contributed by atoms with van der Waals surface area (Å²) in [5, 5.41) is 7.91. The second-order valence-corrected chi connectivity index (χ2v) is 1.92. The minimum absolute atomic E-state index is 0.292. The Kier molecular flexibility index (Phi) is 10.7. The highest BCUT2D eigenvalue weighted by Gasteiger charge is 1.87. The first-order chi connectivity index (χ1) is 5.54. The van der Waals surface area contributed by atoms with Crippen molar-refractivity contribution in [1.82, 2.24) is 0 Å². The summed E-state index contributed by atoms with van der Waals surface area (Å²) in [6, 6.07) is 0. The van der Waals surface area contributed by atoms with Gasteiger partial charge < -0.3 is 9.84 Å². The van der Waals surface area contributed by atoms with Crippen molar-refractivity contribution in [1.29, 1.82) is 0 Å². The average Bonchev–Trinajstić information content (AvgIpc) is 1.87. The fraction of sp³-hybridized carbons (Fsp3) is 0.500. The molecule has 1 N–H and O–H groups in total. The molecule has 4 nitrogen and oxygen atoms in total. The Morgan fingerprint density at radius 3 is 2.08 bits per heavy atom. The molecule has 0 aromatic carbocycles. The lowest BCUT2D eigenvalue weighted by molar-refractivity contribution is -0.137. The Morgan fingerprint density at radius 1 is 1.58 bits per heavy atom. The molecule has 0 aromatic heterocycles. The molecule has 0 saturated heterocycles. The SMILES string of the molecule is C=COC(C)=O.CCCC(=O)O. The Morgan fingerprint density at radius 2 is 2.08 bits per heavy atom. The van der Waals surface area contributed by atoms with Gasteiger partial charge in [0.25, 0.3) is 0 Å². The molecule has 12 heavy (non-hydrogen) atoms. The van der Waals surface area contributed by atoms with E-state index in [-0.39, 0.29) is 5.97 Å². The summed E-state index contributed by atoms with van der Waals surface area (Å²) in [6.45, 7) is 6.32. The average molecular weight is 174 g/mol. The second-order valence-electron chi connectivity index (χ2n) is 1.92. The van der Waals surface area contributed by atoms with Crippen LogP contribution in [-0.2, 0) is 14.3 Å². The van der Waals surface area contributed by atoms with Crippen LogP contribution in [0.15, 0.2) is 12.8 Å². The van der Waals surface area contributed by atoms with Gasteiger partial charge in [-0.2, -0.15) is 0 Å². The molecule has 0 bridgehead atoms. The normalized spacial score (nSPS) is 7.50. The van der Waals surface area contributed by atoms with Crippen molar-refractivity contribution >= 4 is 11.9 Å². The molecule has 0 rings (SSSR count). The Bertz CT molecular complexity index is 151. The van der Waals surface area contributed by atoms with Crippen LogP contribution in [0.25, 0.3) is 0 Å². The van der Waals surface area contributed by atoms with Gasteiger partial charge in [0.15, 0.2) is 0 Å². The molecule has 0 saturated carbocycles. The molecular weight excluding hydrogens is 160 g/mol. The summed E-state index contributed by atoms with van der Waals surface area (Å²) in [7, 11) is 0. The summed E-state index contributed by atoms with van der Waals surface area (Å²) < 4.78 is 4.17. The third kappa shape index (κ3) is 23.4. The van der Waals surface area contributed by atoms with Crippen LogP contribution >= 0.6 is 0 Å². The van der Waals surface area contributed by atoms with Gasteiger partial charge in [0, 0.05) is 13.3 Å². The van der Waals surface area contributed by atoms with Gasteiger partial charge in [0.1, 0.15) is 0 Å². The van der Waals surface area contributed by atoms with Gasteiger partial charge in [-0.15, -0.1) is 0 Å². The first kappa shape index (κ1) is 13.3. The molecule has 0 atom stereocenters. The Balaban J connectivity index is 0. The predicted octanol–water partition coefficient (Wildman–Crippen LogP) is 1.56. The van der Waals surface area contributed by atoms with E-state index < -0.39 is 5.97 Å². The molecule has 0 aliphatic carbocycles. The van der Waals surface area contributed by atoms with Crippen LogP contribution in [0.3, 0.4) is 0 Å². The number of carbonyl (C=O) groups is 2. The van der Waals surface area contributed by atoms with Gasteiger partial charge in [0.2, 0.25) is 0 Å². The minimum Gasteiger partial charge on any atom is -0.481 e. The zero-order valence-electron chi connectivity index (χ0n) is 7.37. The van der Waals surface area contributed by atoms with E-state index in [4.69, 9.17) is 5.11 Å². The molecule has 4 heteroatoms. The number of carboxylic acid groups (broad SMARTS) is 1. The number of esters is 1. The highest BCUT2D eigenvalue weighted by atomic mass is 16.5. The van der Waals surface area contributed by atoms with E-state index in [9.17, 15) is 9.59 Å². The fourth-order valence-corrected chi connectivity index (χ4v) is 0.331. The van der Waals surface area contributed by atoms with E-state index in [1.807, 2.05) is 6.92 Å². The molecule has 0 aromatic rings. The Labute approximate surface area is 71.8 Å². The van der Waals surface area contributed by atoms with Gasteiger partial charge in [-0.1, -0.05) is 13.5 Å². The number of carboxylic acids is 1. The first-order valence-electron chi connectivity index (χ1n) is 3.54. The van der Waals surface area contributed by atoms with Crippen LogP contribution in [0.1, 0.15) is 26.7 Å². The second kappa shape index (κ2) is 9.68. The summed E-state index contributed by atoms with van der Waals surface area (Å²) in [5.41, 5.74) is 0. The van der Waals surface area contributed by atoms with Crippen molar-refractivity contribution < 1.29 is 19.4 Å². The van der Waals surface area contributed by atoms with E-state index in [0.29, 0.717) is 6.42 Å². The molecular formula is C8H14O4. The molecule has 0 amide bonds. The van der Waals surface area contributed by atoms with Gasteiger partial charge in [-0.25, -0.2) is 0 Å². The molecule has 0 aliphatic rings. The van der Waals surface area contributed by atoms with Crippen LogP contribution in [0, 0.1) is 0 Å². The molecule has 70 valence electrons. The van der Waals surface area contributed by atoms with Crippen LogP contribution in [-0.4, -0.2) is 17.0 Å². The zero-order chi connectivity index (χ0) is 9.98. The van der Waals surface area contributed by atoms with Gasteiger partial charge in [-0.3, -0.25) is 9.59 Å². The predicted molar refractivity (Wildman–Crippen MR) is 44.5 cm³/mol. The lowest BCUT2D eigenvalue weighted by atomic mass is 10.4. The number of hydrogen-bond donors (Lipinski definition) is 1. The van der Waals surface area contributed by atoms with E-state index in [1.165, 1.54) is 6.92 Å². The molecule has 0 fully saturated rings. The van der Waals surface area contributed by atoms with Crippen molar-refractivity contribution in [3.05, 3.63) is 12.8 Å². The maximum absolute atomic E-state index is 9.75. The first-order valence-corrected chi connectivity index (χ1v) is 3.54. The van der Waals surface area contributed by atoms with E-state index in [2.05, 4.69) is 11.3 Å². The van der Waals surface area contributed by atoms with Gasteiger partial charge in [0.05, 0.1) is 6.26 Å². The maximum Gasteiger partial charge on any atom is 0.307 e. The minimum atomic E-state index is -0.711. The standard InChI is InChI=1S/C4H6O2.C4H8O2/c1-3-6-4(2)5;1-2-3-4(5)6/h3H,1H2,2H3;2-3H2,1H3,(H,5,6). The monoisotopic (exact) mass is 174 g/mol. The molecule has 0 radical (unpaired) electrons. The fourth-order valence-electron chi connectivity index (χ4n) is 0.331. The molecule has 0 unspecified atom stereocenters. The molecule has 0 spiro atoms. The zero-order valence-corrected chi connectivity index (χ0v) is 7.37. The van der Waals surface area contributed by atoms with Crippen molar-refractivity contribution in [2.45, 2.75) is 26.7 Å². The summed E-state index contributed by atoms with van der Waals surface area (Å²) in [4.78, 5) is 19.3. The van der Waals surface area contributed by atoms with Crippen molar-refractivity contribution in [2.75, 3.05) is 0 Å². The summed E-state index contributed by atoms with van der Waals surface area (Å²) >= 11 is 0. The number of carbonyl (C=O) groups excluding carboxylic acids is 1. The highest BCUT2D eigenvalue weighted by Crippen LogP contribution is 1.82. The lowest BCUT2D eigenvalue weighted by Crippen LogP contribution is -1.90. The van der Waals surface area contributed by atoms with Crippen LogP contribution < -0.4 is 0 Å². The number of rotatable bonds is 3. The molecule has 0 aliphatic heterocycles. The maximum atomic E-state index is 9.75. The van der Waals surface area contributed by atoms with Crippen LogP contribution in [0.5, 0.6) is 0 Å². The van der Waals surface area contributed by atoms with E-state index in [1.54, 1.807) is 0 Å². The smallest absolute Gasteiger partial charge is 0.307 e. The Hall–Kier alpha value is -1.32. The highest BCUT2D eigenvalue weighted by molar-refractivity contribution is 5.66. The lowest BCUT2D eigenvalue weighted by Gasteiger charge is -1.83. The van der Waals surface area contributed by atoms with Crippen LogP contribution in [0.4, 0.5) is 0 Å². The van der Waals surface area contributed by atoms with Crippen molar-refractivity contribution in [2.24, 2.45) is 0 Å². The topological polar surface area (TPSA) is 63.6 Å². The number of aliphatic carboxylic acids is 1. The van der Waals surface area contributed by atoms with E-state index in [0.717, 1.165) is 12.7 Å². The van der Waals surface area contributed by atoms with Crippen LogP contribution in [0.2, 0.25) is 0 Å². The largest absolute Gasteiger partial charge is 0.481 e. The summed E-state index contributed by atoms with van der Waals surface area (Å²) in [5.74, 6) is -1.04. The number of ether oxygens (including phenoxy) is 1. The van der Waals surface area contributed by atoms with Gasteiger partial charge in [-0.05, 0) is 6.42 Å². The number of hydrogen-bond acceptors (Lipinski definition) is 3. The quantitative estimate of drug-likeness (QED) is 0.521. The summed E-state index contributed by atoms with van der Waals surface area (Å²) in [6.07, 6.45) is 2.12.